The predicted molar refractivity (Wildman–Crippen MR) is 152 cm³/mol. The number of β-amino-alcohol motifs (C(OH)–C–C–N with tert-alkyl or cyclic N) is 1. The van der Waals surface area contributed by atoms with E-state index in [1.54, 1.807) is 19.9 Å². The summed E-state index contributed by atoms with van der Waals surface area (Å²) in [5.41, 5.74) is 3.59. The number of halogens is 1. The Bertz CT molecular complexity index is 1090. The lowest BCUT2D eigenvalue weighted by molar-refractivity contribution is -0.143. The molecule has 2 aromatic rings. The van der Waals surface area contributed by atoms with Crippen LogP contribution < -0.4 is 4.74 Å². The molecule has 0 bridgehead atoms. The number of hydrogen-bond donors (Lipinski definition) is 1. The Balaban J connectivity index is 1.57. The van der Waals surface area contributed by atoms with Gasteiger partial charge in [-0.2, -0.15) is 0 Å². The van der Waals surface area contributed by atoms with Crippen LogP contribution in [-0.4, -0.2) is 61.0 Å². The molecule has 0 aromatic heterocycles. The number of ether oxygens (including phenoxy) is 3. The summed E-state index contributed by atoms with van der Waals surface area (Å²) in [5, 5.41) is 10.8. The van der Waals surface area contributed by atoms with Crippen molar-refractivity contribution in [2.24, 2.45) is 0 Å². The van der Waals surface area contributed by atoms with Crippen LogP contribution in [0.3, 0.4) is 0 Å². The highest BCUT2D eigenvalue weighted by Crippen LogP contribution is 2.28. The van der Waals surface area contributed by atoms with Crippen LogP contribution in [0.15, 0.2) is 42.5 Å². The lowest BCUT2D eigenvalue weighted by Gasteiger charge is -2.27. The molecule has 1 N–H and O–H groups in total. The molecule has 3 atom stereocenters. The fraction of sp³-hybridized carbons (Fsp3) is 0.531. The van der Waals surface area contributed by atoms with Crippen molar-refractivity contribution in [3.8, 4) is 5.75 Å². The van der Waals surface area contributed by atoms with Crippen LogP contribution in [0.1, 0.15) is 74.8 Å². The number of allylic oxidation sites excluding steroid dienone is 1. The fourth-order valence-corrected chi connectivity index (χ4v) is 5.03. The normalized spacial score (nSPS) is 17.4. The van der Waals surface area contributed by atoms with Gasteiger partial charge in [-0.3, -0.25) is 9.69 Å². The van der Waals surface area contributed by atoms with Gasteiger partial charge in [-0.1, -0.05) is 30.4 Å². The van der Waals surface area contributed by atoms with Gasteiger partial charge < -0.3 is 19.3 Å². The van der Waals surface area contributed by atoms with E-state index in [4.69, 9.17) is 14.2 Å². The quantitative estimate of drug-likeness (QED) is 0.278. The summed E-state index contributed by atoms with van der Waals surface area (Å²) in [7, 11) is 0. The number of aliphatic hydroxyl groups excluding tert-OH is 1. The molecule has 39 heavy (non-hydrogen) atoms. The second-order valence-electron chi connectivity index (χ2n) is 10.2. The summed E-state index contributed by atoms with van der Waals surface area (Å²) in [5.74, 6) is 0.395. The summed E-state index contributed by atoms with van der Waals surface area (Å²) < 4.78 is 30.9. The lowest BCUT2D eigenvalue weighted by atomic mass is 10.0. The smallest absolute Gasteiger partial charge is 0.306 e. The van der Waals surface area contributed by atoms with Crippen LogP contribution in [0.5, 0.6) is 5.75 Å². The Kier molecular flexibility index (Phi) is 12.4. The first-order chi connectivity index (χ1) is 18.8. The highest BCUT2D eigenvalue weighted by atomic mass is 19.1. The molecule has 1 heterocycles. The lowest BCUT2D eigenvalue weighted by Crippen LogP contribution is -2.39. The van der Waals surface area contributed by atoms with Crippen molar-refractivity contribution in [3.05, 3.63) is 70.5 Å². The van der Waals surface area contributed by atoms with Crippen molar-refractivity contribution in [2.75, 3.05) is 32.9 Å². The molecule has 0 unspecified atom stereocenters. The molecule has 0 saturated carbocycles. The van der Waals surface area contributed by atoms with Crippen LogP contribution in [0.4, 0.5) is 4.39 Å². The SMILES string of the molecule is CCOC(=O)CCC=Cc1ccc(OCC)cc1[C@@H](C)OC[C@H](O)CN1CCC[C@H]1Cc1ccc(C)c(F)c1. The molecule has 1 aliphatic heterocycles. The molecule has 0 amide bonds. The first kappa shape index (κ1) is 30.8. The molecule has 1 saturated heterocycles. The Morgan fingerprint density at radius 3 is 2.77 bits per heavy atom. The first-order valence-corrected chi connectivity index (χ1v) is 14.2. The minimum Gasteiger partial charge on any atom is -0.494 e. The van der Waals surface area contributed by atoms with Gasteiger partial charge in [0.2, 0.25) is 0 Å². The zero-order chi connectivity index (χ0) is 28.2. The van der Waals surface area contributed by atoms with Gasteiger partial charge in [0.15, 0.2) is 0 Å². The summed E-state index contributed by atoms with van der Waals surface area (Å²) >= 11 is 0. The van der Waals surface area contributed by atoms with E-state index >= 15 is 0 Å². The number of aliphatic hydroxyl groups is 1. The van der Waals surface area contributed by atoms with E-state index in [2.05, 4.69) is 4.90 Å². The molecule has 7 heteroatoms. The molecule has 0 radical (unpaired) electrons. The van der Waals surface area contributed by atoms with E-state index in [0.717, 1.165) is 48.2 Å². The zero-order valence-corrected chi connectivity index (χ0v) is 23.8. The monoisotopic (exact) mass is 541 g/mol. The third-order valence-electron chi connectivity index (χ3n) is 7.12. The number of hydrogen-bond acceptors (Lipinski definition) is 6. The van der Waals surface area contributed by atoms with Crippen molar-refractivity contribution >= 4 is 12.0 Å². The standard InChI is InChI=1S/C32H44FNO5/c1-5-37-29-16-15-26(10-7-8-12-32(36)38-6-2)30(20-29)24(4)39-22-28(35)21-34-17-9-11-27(34)18-25-14-13-23(3)31(33)19-25/h7,10,13-16,19-20,24,27-28,35H,5-6,8-9,11-12,17-18,21-22H2,1-4H3/t24-,27+,28-/m1/s1. The third kappa shape index (κ3) is 9.75. The molecule has 2 aromatic carbocycles. The fourth-order valence-electron chi connectivity index (χ4n) is 5.03. The topological polar surface area (TPSA) is 68.2 Å². The molecular weight excluding hydrogens is 497 g/mol. The third-order valence-corrected chi connectivity index (χ3v) is 7.12. The maximum atomic E-state index is 14.0. The predicted octanol–water partition coefficient (Wildman–Crippen LogP) is 6.03. The van der Waals surface area contributed by atoms with Crippen molar-refractivity contribution in [2.45, 2.75) is 78.0 Å². The molecule has 0 aliphatic carbocycles. The number of likely N-dealkylation sites (tertiary alicyclic amines) is 1. The van der Waals surface area contributed by atoms with Crippen LogP contribution in [-0.2, 0) is 20.7 Å². The molecular formula is C32H44FNO5. The van der Waals surface area contributed by atoms with Crippen LogP contribution in [0, 0.1) is 12.7 Å². The largest absolute Gasteiger partial charge is 0.494 e. The van der Waals surface area contributed by atoms with Crippen LogP contribution in [0.25, 0.3) is 6.08 Å². The molecule has 1 fully saturated rings. The zero-order valence-electron chi connectivity index (χ0n) is 23.8. The van der Waals surface area contributed by atoms with Crippen molar-refractivity contribution in [3.63, 3.8) is 0 Å². The maximum Gasteiger partial charge on any atom is 0.306 e. The Hall–Kier alpha value is -2.74. The van der Waals surface area contributed by atoms with Crippen molar-refractivity contribution < 1.29 is 28.5 Å². The summed E-state index contributed by atoms with van der Waals surface area (Å²) in [4.78, 5) is 13.9. The van der Waals surface area contributed by atoms with E-state index < -0.39 is 6.10 Å². The number of benzene rings is 2. The summed E-state index contributed by atoms with van der Waals surface area (Å²) in [6.45, 7) is 10.1. The first-order valence-electron chi connectivity index (χ1n) is 14.2. The molecule has 214 valence electrons. The molecule has 0 spiro atoms. The number of carbonyl (C=O) groups is 1. The minimum atomic E-state index is -0.638. The van der Waals surface area contributed by atoms with Gasteiger partial charge in [0, 0.05) is 19.0 Å². The van der Waals surface area contributed by atoms with Gasteiger partial charge in [0.05, 0.1) is 32.0 Å². The number of carbonyl (C=O) groups excluding carboxylic acids is 1. The summed E-state index contributed by atoms with van der Waals surface area (Å²) in [6.07, 6.45) is 6.85. The van der Waals surface area contributed by atoms with E-state index in [1.165, 1.54) is 0 Å². The number of rotatable bonds is 15. The van der Waals surface area contributed by atoms with E-state index in [1.807, 2.05) is 56.3 Å². The van der Waals surface area contributed by atoms with Crippen LogP contribution in [0.2, 0.25) is 0 Å². The van der Waals surface area contributed by atoms with Gasteiger partial charge in [0.25, 0.3) is 0 Å². The van der Waals surface area contributed by atoms with E-state index in [9.17, 15) is 14.3 Å². The second-order valence-corrected chi connectivity index (χ2v) is 10.2. The van der Waals surface area contributed by atoms with E-state index in [-0.39, 0.29) is 30.5 Å². The Morgan fingerprint density at radius 1 is 1.21 bits per heavy atom. The number of aryl methyl sites for hydroxylation is 1. The number of nitrogens with zero attached hydrogens (tertiary/aromatic N) is 1. The van der Waals surface area contributed by atoms with Crippen molar-refractivity contribution in [1.29, 1.82) is 0 Å². The Morgan fingerprint density at radius 2 is 2.03 bits per heavy atom. The van der Waals surface area contributed by atoms with Crippen LogP contribution >= 0.6 is 0 Å². The minimum absolute atomic E-state index is 0.166. The molecule has 6 nitrogen and oxygen atoms in total. The van der Waals surface area contributed by atoms with Gasteiger partial charge >= 0.3 is 5.97 Å². The Labute approximate surface area is 232 Å². The average molecular weight is 542 g/mol. The number of esters is 1. The highest BCUT2D eigenvalue weighted by Gasteiger charge is 2.27. The molecule has 1 aliphatic rings. The highest BCUT2D eigenvalue weighted by molar-refractivity contribution is 5.69. The van der Waals surface area contributed by atoms with Crippen molar-refractivity contribution in [1.82, 2.24) is 4.90 Å². The van der Waals surface area contributed by atoms with Gasteiger partial charge in [0.1, 0.15) is 11.6 Å². The maximum absolute atomic E-state index is 14.0. The van der Waals surface area contributed by atoms with Gasteiger partial charge in [-0.05, 0) is 100 Å². The van der Waals surface area contributed by atoms with E-state index in [0.29, 0.717) is 38.2 Å². The van der Waals surface area contributed by atoms with Gasteiger partial charge in [-0.15, -0.1) is 0 Å². The molecule has 3 rings (SSSR count). The second kappa shape index (κ2) is 15.8. The van der Waals surface area contributed by atoms with Gasteiger partial charge in [-0.25, -0.2) is 4.39 Å². The summed E-state index contributed by atoms with van der Waals surface area (Å²) in [6, 6.07) is 11.6. The average Bonchev–Trinajstić information content (AvgIpc) is 3.34.